The lowest BCUT2D eigenvalue weighted by Crippen LogP contribution is -2.29. The zero-order chi connectivity index (χ0) is 52.3. The molecule has 0 saturated carbocycles. The van der Waals surface area contributed by atoms with Crippen LogP contribution in [0.1, 0.15) is 72.9 Å². The first-order chi connectivity index (χ1) is 33.3. The Morgan fingerprint density at radius 3 is 1.40 bits per heavy atom. The lowest BCUT2D eigenvalue weighted by atomic mass is 10.2. The van der Waals surface area contributed by atoms with Gasteiger partial charge in [-0.05, 0) is 142 Å². The summed E-state index contributed by atoms with van der Waals surface area (Å²) in [6.07, 6.45) is 15.5. The molecular formula is C58H69FN8O3. The molecule has 0 aliphatic heterocycles. The predicted molar refractivity (Wildman–Crippen MR) is 280 cm³/mol. The number of nitriles is 1. The minimum Gasteiger partial charge on any atom is -0.619 e. The van der Waals surface area contributed by atoms with Crippen LogP contribution in [0.4, 0.5) is 4.39 Å². The van der Waals surface area contributed by atoms with Crippen molar-refractivity contribution in [2.24, 2.45) is 7.05 Å². The van der Waals surface area contributed by atoms with Gasteiger partial charge >= 0.3 is 0 Å². The maximum atomic E-state index is 12.1. The molecule has 70 heavy (non-hydrogen) atoms. The van der Waals surface area contributed by atoms with Gasteiger partial charge in [0.2, 0.25) is 0 Å². The number of hydrogen-bond acceptors (Lipinski definition) is 8. The van der Waals surface area contributed by atoms with E-state index in [1.165, 1.54) is 46.8 Å². The second-order valence-corrected chi connectivity index (χ2v) is 16.0. The molecule has 0 bridgehead atoms. The number of nitrogens with zero attached hydrogens (tertiary/aromatic N) is 8. The summed E-state index contributed by atoms with van der Waals surface area (Å²) in [5, 5.41) is 33.3. The van der Waals surface area contributed by atoms with E-state index in [2.05, 4.69) is 45.2 Å². The molecule has 0 spiro atoms. The number of aryl methyl sites for hydroxylation is 12. The number of rotatable bonds is 0. The fourth-order valence-electron chi connectivity index (χ4n) is 4.86. The number of pyridine rings is 4. The molecule has 0 radical (unpaired) electrons. The van der Waals surface area contributed by atoms with Crippen LogP contribution in [-0.2, 0) is 7.05 Å². The molecule has 6 aromatic heterocycles. The lowest BCUT2D eigenvalue weighted by molar-refractivity contribution is -0.612. The van der Waals surface area contributed by atoms with Crippen molar-refractivity contribution in [3.63, 3.8) is 0 Å². The molecule has 6 heterocycles. The molecule has 9 aromatic rings. The summed E-state index contributed by atoms with van der Waals surface area (Å²) < 4.78 is 20.5. The maximum absolute atomic E-state index is 12.1. The molecule has 12 heteroatoms. The van der Waals surface area contributed by atoms with Crippen LogP contribution in [-0.4, -0.2) is 24.7 Å². The molecule has 0 aliphatic carbocycles. The van der Waals surface area contributed by atoms with E-state index < -0.39 is 0 Å². The fourth-order valence-corrected chi connectivity index (χ4v) is 4.86. The first-order valence-electron chi connectivity index (χ1n) is 22.4. The molecule has 0 amide bonds. The molecule has 9 rings (SSSR count). The summed E-state index contributed by atoms with van der Waals surface area (Å²) in [7, 11) is 1.96. The van der Waals surface area contributed by atoms with Crippen molar-refractivity contribution in [1.29, 1.82) is 5.26 Å². The van der Waals surface area contributed by atoms with Gasteiger partial charge in [-0.3, -0.25) is 9.97 Å². The Morgan fingerprint density at radius 1 is 0.571 bits per heavy atom. The van der Waals surface area contributed by atoms with E-state index >= 15 is 0 Å². The Bertz CT molecular complexity index is 2610. The number of benzene rings is 3. The Morgan fingerprint density at radius 2 is 1.10 bits per heavy atom. The van der Waals surface area contributed by atoms with Gasteiger partial charge in [0.25, 0.3) is 0 Å². The van der Waals surface area contributed by atoms with E-state index in [4.69, 9.17) is 9.78 Å². The van der Waals surface area contributed by atoms with Gasteiger partial charge in [0.15, 0.2) is 24.3 Å². The highest BCUT2D eigenvalue weighted by Gasteiger charge is 2.00. The SMILES string of the molecule is Cc1ccc(C#N)cc1.Cc1ccc(C)[n+]([O-])c1.Cc1ccc(F)cc1.Cc1ccc[n+]([O-])c1.Cc1ccccc1.Cc1cccnc1.Cc1ccncc1.Cc1cn(C)cn1.Cc1noc(C)c1C. The summed E-state index contributed by atoms with van der Waals surface area (Å²) in [4.78, 5) is 11.7. The molecular weight excluding hydrogens is 876 g/mol. The van der Waals surface area contributed by atoms with Crippen LogP contribution >= 0.6 is 0 Å². The molecule has 366 valence electrons. The van der Waals surface area contributed by atoms with Crippen molar-refractivity contribution in [1.82, 2.24) is 24.7 Å². The largest absolute Gasteiger partial charge is 0.619 e. The van der Waals surface area contributed by atoms with Crippen molar-refractivity contribution in [2.75, 3.05) is 0 Å². The van der Waals surface area contributed by atoms with E-state index in [9.17, 15) is 14.8 Å². The molecule has 0 N–H and O–H groups in total. The third-order valence-electron chi connectivity index (χ3n) is 9.19. The summed E-state index contributed by atoms with van der Waals surface area (Å²) >= 11 is 0. The monoisotopic (exact) mass is 945 g/mol. The quantitative estimate of drug-likeness (QED) is 0.108. The Kier molecular flexibility index (Phi) is 29.8. The van der Waals surface area contributed by atoms with Crippen LogP contribution in [0.5, 0.6) is 0 Å². The van der Waals surface area contributed by atoms with Gasteiger partial charge in [-0.1, -0.05) is 82.5 Å². The second kappa shape index (κ2) is 34.9. The van der Waals surface area contributed by atoms with Gasteiger partial charge in [0.1, 0.15) is 11.6 Å². The molecule has 0 atom stereocenters. The van der Waals surface area contributed by atoms with Crippen LogP contribution in [0.3, 0.4) is 0 Å². The molecule has 3 aromatic carbocycles. The fraction of sp³-hybridized carbons (Fsp3) is 0.224. The van der Waals surface area contributed by atoms with Crippen LogP contribution in [0.2, 0.25) is 0 Å². The normalized spacial score (nSPS) is 9.10. The van der Waals surface area contributed by atoms with Crippen LogP contribution < -0.4 is 9.46 Å². The van der Waals surface area contributed by atoms with Gasteiger partial charge in [-0.25, -0.2) is 9.37 Å². The maximum Gasteiger partial charge on any atom is 0.189 e. The van der Waals surface area contributed by atoms with E-state index in [0.717, 1.165) is 60.1 Å². The summed E-state index contributed by atoms with van der Waals surface area (Å²) in [5.41, 5.74) is 12.7. The Labute approximate surface area is 415 Å². The Hall–Kier alpha value is -8.30. The molecule has 0 unspecified atom stereocenters. The third-order valence-corrected chi connectivity index (χ3v) is 9.19. The van der Waals surface area contributed by atoms with E-state index in [-0.39, 0.29) is 5.82 Å². The average Bonchev–Trinajstić information content (AvgIpc) is 3.87. The minimum atomic E-state index is -0.171. The van der Waals surface area contributed by atoms with Crippen molar-refractivity contribution in [3.8, 4) is 6.07 Å². The van der Waals surface area contributed by atoms with Crippen molar-refractivity contribution in [3.05, 3.63) is 272 Å². The number of imidazole rings is 1. The third kappa shape index (κ3) is 30.1. The van der Waals surface area contributed by atoms with Gasteiger partial charge < -0.3 is 19.5 Å². The van der Waals surface area contributed by atoms with Crippen LogP contribution in [0.15, 0.2) is 188 Å². The minimum absolute atomic E-state index is 0.171. The average molecular weight is 945 g/mol. The van der Waals surface area contributed by atoms with Crippen molar-refractivity contribution in [2.45, 2.75) is 83.1 Å². The molecule has 0 fully saturated rings. The molecule has 0 aliphatic rings. The van der Waals surface area contributed by atoms with Crippen LogP contribution in [0.25, 0.3) is 0 Å². The van der Waals surface area contributed by atoms with E-state index in [1.807, 2.05) is 178 Å². The first-order valence-corrected chi connectivity index (χ1v) is 22.4. The zero-order valence-electron chi connectivity index (χ0n) is 43.0. The van der Waals surface area contributed by atoms with E-state index in [0.29, 0.717) is 0 Å². The Balaban J connectivity index is 0.000000394. The highest BCUT2D eigenvalue weighted by Crippen LogP contribution is 2.08. The first kappa shape index (κ1) is 59.7. The highest BCUT2D eigenvalue weighted by molar-refractivity contribution is 5.30. The highest BCUT2D eigenvalue weighted by atomic mass is 19.1. The van der Waals surface area contributed by atoms with Crippen molar-refractivity contribution < 1.29 is 18.4 Å². The lowest BCUT2D eigenvalue weighted by Gasteiger charge is -1.98. The predicted octanol–water partition coefficient (Wildman–Crippen LogP) is 12.7. The van der Waals surface area contributed by atoms with Crippen LogP contribution in [0, 0.1) is 111 Å². The summed E-state index contributed by atoms with van der Waals surface area (Å²) in [6, 6.07) is 41.4. The smallest absolute Gasteiger partial charge is 0.189 e. The summed E-state index contributed by atoms with van der Waals surface area (Å²) in [5.74, 6) is 0.748. The number of hydrogen-bond donors (Lipinski definition) is 0. The van der Waals surface area contributed by atoms with E-state index in [1.54, 1.807) is 56.2 Å². The van der Waals surface area contributed by atoms with Gasteiger partial charge in [0.05, 0.1) is 29.3 Å². The van der Waals surface area contributed by atoms with Gasteiger partial charge in [-0.15, -0.1) is 0 Å². The standard InChI is InChI=1S/C8H7N.C7H7F.C7H9NO.C7H8.C6H9NO.C6H7NO.2C6H7N.C5H8N2/c1-7-2-4-8(6-9)5-3-7;1-6-2-4-7(8)5-3-6;1-6-3-4-7(2)8(9)5-6;1-7-5-3-2-4-6-7;1-4-5(2)7-8-6(4)3;1-6-3-2-4-7(8)5-6;1-6-2-4-7-5-3-6;1-6-3-2-4-7-5-6;1-5-3-7(2)4-6-5/h2-5H,1H3;2-5H,1H3;3-5H,1-2H3;2-6H,1H3;1-3H3;2-5H,1H3;2*2-5H,1H3;3-4H,1-2H3. The number of aromatic nitrogens is 7. The second-order valence-electron chi connectivity index (χ2n) is 16.0. The van der Waals surface area contributed by atoms with Crippen molar-refractivity contribution >= 4 is 0 Å². The van der Waals surface area contributed by atoms with Gasteiger partial charge in [-0.2, -0.15) is 14.7 Å². The van der Waals surface area contributed by atoms with Gasteiger partial charge in [0, 0.05) is 73.8 Å². The molecule has 11 nitrogen and oxygen atoms in total. The zero-order valence-corrected chi connectivity index (χ0v) is 43.0. The topological polar surface area (TPSA) is 147 Å². The number of halogens is 1. The summed E-state index contributed by atoms with van der Waals surface area (Å²) in [6.45, 7) is 23.5. The molecule has 0 saturated heterocycles.